The third kappa shape index (κ3) is 2.77. The van der Waals surface area contributed by atoms with Crippen LogP contribution in [0.5, 0.6) is 0 Å². The highest BCUT2D eigenvalue weighted by Crippen LogP contribution is 2.30. The number of nitrogen functional groups attached to an aromatic ring is 1. The SMILES string of the molecule is C=CCn1c(CCC)nc(-c2ccc(Br)cc2F)c1N. The standard InChI is InChI=1S/C15H17BrFN3/c1-3-5-13-19-14(15(18)20(13)8-4-2)11-7-6-10(16)9-12(11)17/h4,6-7,9H,2-3,5,8,18H2,1H3. The number of hydrogen-bond acceptors (Lipinski definition) is 2. The molecule has 3 nitrogen and oxygen atoms in total. The normalized spacial score (nSPS) is 10.8. The number of nitrogens with zero attached hydrogens (tertiary/aromatic N) is 2. The summed E-state index contributed by atoms with van der Waals surface area (Å²) in [6, 6.07) is 4.89. The second kappa shape index (κ2) is 6.22. The van der Waals surface area contributed by atoms with E-state index in [0.717, 1.165) is 18.7 Å². The fourth-order valence-corrected chi connectivity index (χ4v) is 2.47. The second-order valence-corrected chi connectivity index (χ2v) is 5.45. The fraction of sp³-hybridized carbons (Fsp3) is 0.267. The first-order chi connectivity index (χ1) is 9.58. The minimum absolute atomic E-state index is 0.336. The molecule has 5 heteroatoms. The lowest BCUT2D eigenvalue weighted by molar-refractivity contribution is 0.630. The summed E-state index contributed by atoms with van der Waals surface area (Å²) in [6.45, 7) is 6.37. The largest absolute Gasteiger partial charge is 0.383 e. The average molecular weight is 338 g/mol. The van der Waals surface area contributed by atoms with Crippen molar-refractivity contribution in [2.24, 2.45) is 0 Å². The lowest BCUT2D eigenvalue weighted by Gasteiger charge is -2.06. The second-order valence-electron chi connectivity index (χ2n) is 4.54. The first-order valence-corrected chi connectivity index (χ1v) is 7.29. The summed E-state index contributed by atoms with van der Waals surface area (Å²) in [5.41, 5.74) is 7.06. The van der Waals surface area contributed by atoms with Gasteiger partial charge in [0.15, 0.2) is 0 Å². The predicted molar refractivity (Wildman–Crippen MR) is 83.9 cm³/mol. The Morgan fingerprint density at radius 3 is 2.85 bits per heavy atom. The molecule has 2 N–H and O–H groups in total. The molecule has 0 fully saturated rings. The Bertz CT molecular complexity index is 634. The van der Waals surface area contributed by atoms with Crippen LogP contribution in [0.4, 0.5) is 10.2 Å². The molecule has 0 saturated heterocycles. The minimum atomic E-state index is -0.336. The van der Waals surface area contributed by atoms with Gasteiger partial charge in [0.05, 0.1) is 0 Å². The molecule has 1 aromatic carbocycles. The Morgan fingerprint density at radius 1 is 1.50 bits per heavy atom. The number of anilines is 1. The van der Waals surface area contributed by atoms with Gasteiger partial charge in [-0.2, -0.15) is 0 Å². The lowest BCUT2D eigenvalue weighted by atomic mass is 10.1. The van der Waals surface area contributed by atoms with Gasteiger partial charge < -0.3 is 10.3 Å². The molecule has 0 amide bonds. The van der Waals surface area contributed by atoms with Gasteiger partial charge in [0.25, 0.3) is 0 Å². The molecule has 0 saturated carbocycles. The van der Waals surface area contributed by atoms with E-state index in [1.54, 1.807) is 18.2 Å². The zero-order valence-electron chi connectivity index (χ0n) is 11.4. The van der Waals surface area contributed by atoms with Gasteiger partial charge in [-0.3, -0.25) is 0 Å². The van der Waals surface area contributed by atoms with Crippen molar-refractivity contribution in [1.29, 1.82) is 0 Å². The van der Waals surface area contributed by atoms with Gasteiger partial charge in [-0.05, 0) is 24.6 Å². The van der Waals surface area contributed by atoms with E-state index in [0.29, 0.717) is 28.1 Å². The number of imidazole rings is 1. The molecule has 0 spiro atoms. The van der Waals surface area contributed by atoms with Crippen LogP contribution in [0.25, 0.3) is 11.3 Å². The summed E-state index contributed by atoms with van der Waals surface area (Å²) in [6.07, 6.45) is 3.52. The molecule has 20 heavy (non-hydrogen) atoms. The number of nitrogens with two attached hydrogens (primary N) is 1. The van der Waals surface area contributed by atoms with Gasteiger partial charge in [-0.15, -0.1) is 6.58 Å². The Labute approximate surface area is 126 Å². The quantitative estimate of drug-likeness (QED) is 0.832. The summed E-state index contributed by atoms with van der Waals surface area (Å²) in [5, 5.41) is 0. The lowest BCUT2D eigenvalue weighted by Crippen LogP contribution is -2.05. The van der Waals surface area contributed by atoms with Crippen LogP contribution in [0.1, 0.15) is 19.2 Å². The number of benzene rings is 1. The number of aryl methyl sites for hydroxylation is 1. The van der Waals surface area contributed by atoms with Crippen LogP contribution >= 0.6 is 15.9 Å². The molecule has 0 unspecified atom stereocenters. The van der Waals surface area contributed by atoms with Gasteiger partial charge in [0.1, 0.15) is 23.2 Å². The fourth-order valence-electron chi connectivity index (χ4n) is 2.14. The zero-order valence-corrected chi connectivity index (χ0v) is 13.0. The smallest absolute Gasteiger partial charge is 0.133 e. The van der Waals surface area contributed by atoms with Gasteiger partial charge in [-0.25, -0.2) is 9.37 Å². The Balaban J connectivity index is 2.56. The van der Waals surface area contributed by atoms with Gasteiger partial charge >= 0.3 is 0 Å². The first kappa shape index (κ1) is 14.8. The topological polar surface area (TPSA) is 43.8 Å². The molecule has 106 valence electrons. The van der Waals surface area contributed by atoms with Crippen molar-refractivity contribution in [2.75, 3.05) is 5.73 Å². The van der Waals surface area contributed by atoms with Crippen molar-refractivity contribution in [3.63, 3.8) is 0 Å². The van der Waals surface area contributed by atoms with E-state index < -0.39 is 0 Å². The van der Waals surface area contributed by atoms with Gasteiger partial charge in [0, 0.05) is 23.0 Å². The third-order valence-corrected chi connectivity index (χ3v) is 3.55. The van der Waals surface area contributed by atoms with E-state index in [4.69, 9.17) is 5.73 Å². The van der Waals surface area contributed by atoms with E-state index in [1.165, 1.54) is 6.07 Å². The van der Waals surface area contributed by atoms with E-state index >= 15 is 0 Å². The van der Waals surface area contributed by atoms with Crippen LogP contribution in [0, 0.1) is 5.82 Å². The van der Waals surface area contributed by atoms with Crippen molar-refractivity contribution < 1.29 is 4.39 Å². The van der Waals surface area contributed by atoms with Crippen molar-refractivity contribution in [3.8, 4) is 11.3 Å². The highest BCUT2D eigenvalue weighted by molar-refractivity contribution is 9.10. The molecular formula is C15H17BrFN3. The molecule has 2 aromatic rings. The van der Waals surface area contributed by atoms with Crippen LogP contribution < -0.4 is 5.73 Å². The average Bonchev–Trinajstić information content (AvgIpc) is 2.69. The summed E-state index contributed by atoms with van der Waals surface area (Å²) >= 11 is 3.25. The molecular weight excluding hydrogens is 321 g/mol. The molecule has 0 aliphatic carbocycles. The zero-order chi connectivity index (χ0) is 14.7. The summed E-state index contributed by atoms with van der Waals surface area (Å²) in [4.78, 5) is 4.51. The molecule has 1 heterocycles. The number of allylic oxidation sites excluding steroid dienone is 1. The van der Waals surface area contributed by atoms with Crippen LogP contribution in [0.3, 0.4) is 0 Å². The summed E-state index contributed by atoms with van der Waals surface area (Å²) in [7, 11) is 0. The number of rotatable bonds is 5. The van der Waals surface area contributed by atoms with E-state index in [9.17, 15) is 4.39 Å². The first-order valence-electron chi connectivity index (χ1n) is 6.49. The number of aromatic nitrogens is 2. The predicted octanol–water partition coefficient (Wildman–Crippen LogP) is 4.17. The maximum Gasteiger partial charge on any atom is 0.133 e. The van der Waals surface area contributed by atoms with Crippen molar-refractivity contribution in [1.82, 2.24) is 9.55 Å². The van der Waals surface area contributed by atoms with Crippen LogP contribution in [0.2, 0.25) is 0 Å². The van der Waals surface area contributed by atoms with Gasteiger partial charge in [-0.1, -0.05) is 28.9 Å². The highest BCUT2D eigenvalue weighted by Gasteiger charge is 2.17. The van der Waals surface area contributed by atoms with Crippen molar-refractivity contribution in [2.45, 2.75) is 26.3 Å². The molecule has 1 aromatic heterocycles. The number of hydrogen-bond donors (Lipinski definition) is 1. The molecule has 0 bridgehead atoms. The third-order valence-electron chi connectivity index (χ3n) is 3.06. The Morgan fingerprint density at radius 2 is 2.25 bits per heavy atom. The van der Waals surface area contributed by atoms with E-state index in [1.807, 2.05) is 4.57 Å². The Kier molecular flexibility index (Phi) is 4.60. The molecule has 0 aliphatic heterocycles. The molecule has 0 radical (unpaired) electrons. The Hall–Kier alpha value is -1.62. The van der Waals surface area contributed by atoms with Crippen LogP contribution in [-0.2, 0) is 13.0 Å². The maximum atomic E-state index is 14.1. The molecule has 0 atom stereocenters. The van der Waals surface area contributed by atoms with Crippen molar-refractivity contribution in [3.05, 3.63) is 47.0 Å². The van der Waals surface area contributed by atoms with E-state index in [-0.39, 0.29) is 5.82 Å². The molecule has 2 rings (SSSR count). The van der Waals surface area contributed by atoms with Crippen LogP contribution in [-0.4, -0.2) is 9.55 Å². The van der Waals surface area contributed by atoms with Crippen LogP contribution in [0.15, 0.2) is 35.3 Å². The maximum absolute atomic E-state index is 14.1. The monoisotopic (exact) mass is 337 g/mol. The van der Waals surface area contributed by atoms with Crippen molar-refractivity contribution >= 4 is 21.7 Å². The molecule has 0 aliphatic rings. The summed E-state index contributed by atoms with van der Waals surface area (Å²) < 4.78 is 16.6. The van der Waals surface area contributed by atoms with E-state index in [2.05, 4.69) is 34.4 Å². The highest BCUT2D eigenvalue weighted by atomic mass is 79.9. The minimum Gasteiger partial charge on any atom is -0.383 e. The summed E-state index contributed by atoms with van der Waals surface area (Å²) in [5.74, 6) is 1.01. The van der Waals surface area contributed by atoms with Gasteiger partial charge in [0.2, 0.25) is 0 Å². The number of halogens is 2.